The molecule has 5 nitrogen and oxygen atoms in total. The summed E-state index contributed by atoms with van der Waals surface area (Å²) >= 11 is 1.62. The predicted molar refractivity (Wildman–Crippen MR) is 72.2 cm³/mol. The number of rotatable bonds is 6. The Kier molecular flexibility index (Phi) is 4.70. The highest BCUT2D eigenvalue weighted by atomic mass is 32.1. The molecular formula is C13H16N2O3S. The van der Waals surface area contributed by atoms with Crippen molar-refractivity contribution in [1.82, 2.24) is 10.1 Å². The summed E-state index contributed by atoms with van der Waals surface area (Å²) < 4.78 is 10.0. The molecule has 1 amide bonds. The van der Waals surface area contributed by atoms with E-state index >= 15 is 0 Å². The molecule has 0 aliphatic rings. The van der Waals surface area contributed by atoms with Crippen molar-refractivity contribution in [3.63, 3.8) is 0 Å². The maximum absolute atomic E-state index is 12.4. The fourth-order valence-corrected chi connectivity index (χ4v) is 2.39. The molecule has 0 aliphatic heterocycles. The Bertz CT molecular complexity index is 522. The summed E-state index contributed by atoms with van der Waals surface area (Å²) in [5, 5.41) is 7.69. The summed E-state index contributed by atoms with van der Waals surface area (Å²) in [5.41, 5.74) is 1.62. The maximum atomic E-state index is 12.4. The number of amides is 1. The Hall–Kier alpha value is -1.66. The van der Waals surface area contributed by atoms with Crippen LogP contribution in [-0.2, 0) is 11.3 Å². The van der Waals surface area contributed by atoms with Crippen LogP contribution in [0.1, 0.15) is 21.7 Å². The van der Waals surface area contributed by atoms with Gasteiger partial charge < -0.3 is 14.2 Å². The lowest BCUT2D eigenvalue weighted by Crippen LogP contribution is -2.33. The SMILES string of the molecule is COCCN(Cc1ccsc1)C(=O)c1cnoc1C. The molecule has 0 atom stereocenters. The van der Waals surface area contributed by atoms with Crippen LogP contribution in [0.15, 0.2) is 27.5 Å². The average Bonchev–Trinajstić information content (AvgIpc) is 3.05. The van der Waals surface area contributed by atoms with Gasteiger partial charge in [-0.25, -0.2) is 0 Å². The number of nitrogens with zero attached hydrogens (tertiary/aromatic N) is 2. The summed E-state index contributed by atoms with van der Waals surface area (Å²) in [6.07, 6.45) is 1.46. The van der Waals surface area contributed by atoms with E-state index in [2.05, 4.69) is 5.16 Å². The van der Waals surface area contributed by atoms with Gasteiger partial charge in [-0.2, -0.15) is 11.3 Å². The topological polar surface area (TPSA) is 55.6 Å². The minimum absolute atomic E-state index is 0.0815. The van der Waals surface area contributed by atoms with Crippen LogP contribution in [0.4, 0.5) is 0 Å². The van der Waals surface area contributed by atoms with E-state index in [-0.39, 0.29) is 5.91 Å². The number of aromatic nitrogens is 1. The number of hydrogen-bond donors (Lipinski definition) is 0. The third-order valence-corrected chi connectivity index (χ3v) is 3.52. The Morgan fingerprint density at radius 2 is 2.42 bits per heavy atom. The second-order valence-electron chi connectivity index (χ2n) is 4.15. The first-order valence-corrected chi connectivity index (χ1v) is 6.87. The number of hydrogen-bond acceptors (Lipinski definition) is 5. The first-order valence-electron chi connectivity index (χ1n) is 5.93. The fourth-order valence-electron chi connectivity index (χ4n) is 1.73. The summed E-state index contributed by atoms with van der Waals surface area (Å²) in [4.78, 5) is 14.2. The average molecular weight is 280 g/mol. The minimum Gasteiger partial charge on any atom is -0.383 e. The van der Waals surface area contributed by atoms with E-state index in [1.165, 1.54) is 6.20 Å². The molecule has 0 spiro atoms. The molecule has 0 radical (unpaired) electrons. The van der Waals surface area contributed by atoms with Crippen molar-refractivity contribution in [3.05, 3.63) is 39.9 Å². The van der Waals surface area contributed by atoms with Crippen LogP contribution < -0.4 is 0 Å². The van der Waals surface area contributed by atoms with Crippen LogP contribution in [0, 0.1) is 6.92 Å². The third kappa shape index (κ3) is 3.42. The van der Waals surface area contributed by atoms with Crippen molar-refractivity contribution in [2.45, 2.75) is 13.5 Å². The minimum atomic E-state index is -0.0815. The molecule has 19 heavy (non-hydrogen) atoms. The molecule has 0 saturated heterocycles. The van der Waals surface area contributed by atoms with Crippen molar-refractivity contribution in [2.75, 3.05) is 20.3 Å². The predicted octanol–water partition coefficient (Wildman–Crippen LogP) is 2.33. The van der Waals surface area contributed by atoms with Crippen LogP contribution in [0.25, 0.3) is 0 Å². The van der Waals surface area contributed by atoms with Crippen molar-refractivity contribution in [3.8, 4) is 0 Å². The van der Waals surface area contributed by atoms with Crippen molar-refractivity contribution in [2.24, 2.45) is 0 Å². The summed E-state index contributed by atoms with van der Waals surface area (Å²) in [6.45, 7) is 3.34. The summed E-state index contributed by atoms with van der Waals surface area (Å²) in [5.74, 6) is 0.458. The van der Waals surface area contributed by atoms with E-state index in [1.807, 2.05) is 16.8 Å². The van der Waals surface area contributed by atoms with Gasteiger partial charge in [-0.05, 0) is 29.3 Å². The molecule has 2 rings (SSSR count). The van der Waals surface area contributed by atoms with Crippen LogP contribution in [0.5, 0.6) is 0 Å². The number of aryl methyl sites for hydroxylation is 1. The van der Waals surface area contributed by atoms with Gasteiger partial charge >= 0.3 is 0 Å². The van der Waals surface area contributed by atoms with Crippen molar-refractivity contribution >= 4 is 17.2 Å². The first-order chi connectivity index (χ1) is 9.22. The lowest BCUT2D eigenvalue weighted by Gasteiger charge is -2.21. The van der Waals surface area contributed by atoms with Crippen LogP contribution >= 0.6 is 11.3 Å². The zero-order chi connectivity index (χ0) is 13.7. The Morgan fingerprint density at radius 1 is 1.58 bits per heavy atom. The Balaban J connectivity index is 2.12. The second kappa shape index (κ2) is 6.49. The quantitative estimate of drug-likeness (QED) is 0.815. The normalized spacial score (nSPS) is 10.6. The Labute approximate surface area is 115 Å². The fraction of sp³-hybridized carbons (Fsp3) is 0.385. The second-order valence-corrected chi connectivity index (χ2v) is 4.93. The van der Waals surface area contributed by atoms with Gasteiger partial charge in [-0.1, -0.05) is 5.16 Å². The van der Waals surface area contributed by atoms with E-state index in [0.29, 0.717) is 31.0 Å². The van der Waals surface area contributed by atoms with Crippen molar-refractivity contribution < 1.29 is 14.1 Å². The number of carbonyl (C=O) groups excluding carboxylic acids is 1. The molecule has 0 aliphatic carbocycles. The van der Waals surface area contributed by atoms with E-state index < -0.39 is 0 Å². The molecule has 0 bridgehead atoms. The highest BCUT2D eigenvalue weighted by Gasteiger charge is 2.20. The monoisotopic (exact) mass is 280 g/mol. The molecule has 6 heteroatoms. The van der Waals surface area contributed by atoms with Gasteiger partial charge in [0.15, 0.2) is 0 Å². The number of carbonyl (C=O) groups is 1. The molecule has 0 saturated carbocycles. The van der Waals surface area contributed by atoms with E-state index in [9.17, 15) is 4.79 Å². The van der Waals surface area contributed by atoms with E-state index in [0.717, 1.165) is 5.56 Å². The molecule has 102 valence electrons. The van der Waals surface area contributed by atoms with Gasteiger partial charge in [-0.15, -0.1) is 0 Å². The first kappa shape index (κ1) is 13.8. The molecule has 2 aromatic rings. The molecule has 0 N–H and O–H groups in total. The van der Waals surface area contributed by atoms with Gasteiger partial charge in [0.1, 0.15) is 11.3 Å². The van der Waals surface area contributed by atoms with Gasteiger partial charge in [0.25, 0.3) is 5.91 Å². The van der Waals surface area contributed by atoms with Crippen LogP contribution in [-0.4, -0.2) is 36.2 Å². The van der Waals surface area contributed by atoms with E-state index in [4.69, 9.17) is 9.26 Å². The summed E-state index contributed by atoms with van der Waals surface area (Å²) in [7, 11) is 1.62. The lowest BCUT2D eigenvalue weighted by atomic mass is 10.2. The van der Waals surface area contributed by atoms with E-state index in [1.54, 1.807) is 30.3 Å². The molecule has 0 unspecified atom stereocenters. The summed E-state index contributed by atoms with van der Waals surface area (Å²) in [6, 6.07) is 2.01. The number of methoxy groups -OCH3 is 1. The zero-order valence-electron chi connectivity index (χ0n) is 11.0. The Morgan fingerprint density at radius 3 is 3.00 bits per heavy atom. The zero-order valence-corrected chi connectivity index (χ0v) is 11.8. The molecular weight excluding hydrogens is 264 g/mol. The van der Waals surface area contributed by atoms with Gasteiger partial charge in [0.2, 0.25) is 0 Å². The van der Waals surface area contributed by atoms with Gasteiger partial charge in [0, 0.05) is 20.2 Å². The van der Waals surface area contributed by atoms with Gasteiger partial charge in [0.05, 0.1) is 12.8 Å². The smallest absolute Gasteiger partial charge is 0.259 e. The molecule has 0 aromatic carbocycles. The number of ether oxygens (including phenoxy) is 1. The number of thiophene rings is 1. The van der Waals surface area contributed by atoms with Crippen molar-refractivity contribution in [1.29, 1.82) is 0 Å². The highest BCUT2D eigenvalue weighted by molar-refractivity contribution is 7.07. The molecule has 2 heterocycles. The van der Waals surface area contributed by atoms with Gasteiger partial charge in [-0.3, -0.25) is 4.79 Å². The van der Waals surface area contributed by atoms with Crippen LogP contribution in [0.3, 0.4) is 0 Å². The lowest BCUT2D eigenvalue weighted by molar-refractivity contribution is 0.0679. The molecule has 2 aromatic heterocycles. The molecule has 0 fully saturated rings. The standard InChI is InChI=1S/C13H16N2O3S/c1-10-12(7-14-18-10)13(16)15(4-5-17-2)8-11-3-6-19-9-11/h3,6-7,9H,4-5,8H2,1-2H3. The highest BCUT2D eigenvalue weighted by Crippen LogP contribution is 2.14. The maximum Gasteiger partial charge on any atom is 0.259 e. The largest absolute Gasteiger partial charge is 0.383 e. The third-order valence-electron chi connectivity index (χ3n) is 2.79. The van der Waals surface area contributed by atoms with Crippen LogP contribution in [0.2, 0.25) is 0 Å².